The third-order valence-corrected chi connectivity index (χ3v) is 3.89. The van der Waals surface area contributed by atoms with Crippen LogP contribution in [0.1, 0.15) is 24.5 Å². The normalized spacial score (nSPS) is 22.7. The second kappa shape index (κ2) is 6.27. The Hall–Kier alpha value is -1.55. The average Bonchev–Trinajstić information content (AvgIpc) is 2.40. The molecule has 1 heterocycles. The molecule has 2 atom stereocenters. The van der Waals surface area contributed by atoms with Crippen molar-refractivity contribution in [2.24, 2.45) is 5.92 Å². The van der Waals surface area contributed by atoms with E-state index < -0.39 is 0 Å². The standard InChI is InChI=1S/C16H23NO3/c1-11-4-5-15(12(2)8-11)20-10-16(19)17-7-6-14(18)13(3)9-17/h4-5,8,13-14,18H,6-7,9-10H2,1-3H3. The highest BCUT2D eigenvalue weighted by Crippen LogP contribution is 2.20. The van der Waals surface area contributed by atoms with Crippen LogP contribution in [0.25, 0.3) is 0 Å². The number of rotatable bonds is 3. The number of amides is 1. The molecule has 110 valence electrons. The second-order valence-corrected chi connectivity index (χ2v) is 5.73. The quantitative estimate of drug-likeness (QED) is 0.918. The molecule has 0 radical (unpaired) electrons. The van der Waals surface area contributed by atoms with Gasteiger partial charge >= 0.3 is 0 Å². The summed E-state index contributed by atoms with van der Waals surface area (Å²) in [6.45, 7) is 7.26. The summed E-state index contributed by atoms with van der Waals surface area (Å²) in [5.74, 6) is 0.881. The van der Waals surface area contributed by atoms with Crippen LogP contribution in [0.2, 0.25) is 0 Å². The topological polar surface area (TPSA) is 49.8 Å². The first kappa shape index (κ1) is 14.9. The van der Waals surface area contributed by atoms with E-state index in [4.69, 9.17) is 4.74 Å². The van der Waals surface area contributed by atoms with Gasteiger partial charge in [0.15, 0.2) is 6.61 Å². The van der Waals surface area contributed by atoms with Crippen molar-refractivity contribution in [3.8, 4) is 5.75 Å². The smallest absolute Gasteiger partial charge is 0.260 e. The van der Waals surface area contributed by atoms with E-state index in [0.29, 0.717) is 19.5 Å². The largest absolute Gasteiger partial charge is 0.484 e. The highest BCUT2D eigenvalue weighted by Gasteiger charge is 2.27. The first-order valence-corrected chi connectivity index (χ1v) is 7.13. The Morgan fingerprint density at radius 3 is 2.85 bits per heavy atom. The van der Waals surface area contributed by atoms with Gasteiger partial charge in [0.2, 0.25) is 0 Å². The molecule has 4 nitrogen and oxygen atoms in total. The van der Waals surface area contributed by atoms with Gasteiger partial charge in [0.1, 0.15) is 5.75 Å². The van der Waals surface area contributed by atoms with Crippen molar-refractivity contribution in [2.75, 3.05) is 19.7 Å². The van der Waals surface area contributed by atoms with E-state index in [1.165, 1.54) is 5.56 Å². The van der Waals surface area contributed by atoms with Crippen LogP contribution in [-0.4, -0.2) is 41.7 Å². The average molecular weight is 277 g/mol. The van der Waals surface area contributed by atoms with Gasteiger partial charge in [-0.25, -0.2) is 0 Å². The number of carbonyl (C=O) groups excluding carboxylic acids is 1. The number of benzene rings is 1. The van der Waals surface area contributed by atoms with Crippen LogP contribution in [0, 0.1) is 19.8 Å². The molecule has 0 aromatic heterocycles. The summed E-state index contributed by atoms with van der Waals surface area (Å²) in [5, 5.41) is 9.68. The predicted octanol–water partition coefficient (Wildman–Crippen LogP) is 1.91. The minimum atomic E-state index is -0.292. The van der Waals surface area contributed by atoms with Crippen LogP contribution in [-0.2, 0) is 4.79 Å². The molecule has 2 rings (SSSR count). The second-order valence-electron chi connectivity index (χ2n) is 5.73. The van der Waals surface area contributed by atoms with Gasteiger partial charge in [-0.2, -0.15) is 0 Å². The van der Waals surface area contributed by atoms with Crippen molar-refractivity contribution in [1.29, 1.82) is 0 Å². The fourth-order valence-electron chi connectivity index (χ4n) is 2.55. The number of nitrogens with zero attached hydrogens (tertiary/aromatic N) is 1. The molecule has 1 amide bonds. The third-order valence-electron chi connectivity index (χ3n) is 3.89. The van der Waals surface area contributed by atoms with Gasteiger partial charge < -0.3 is 14.7 Å². The molecule has 1 aliphatic heterocycles. The summed E-state index contributed by atoms with van der Waals surface area (Å²) in [5.41, 5.74) is 2.22. The van der Waals surface area contributed by atoms with E-state index in [0.717, 1.165) is 11.3 Å². The van der Waals surface area contributed by atoms with E-state index in [9.17, 15) is 9.90 Å². The molecule has 1 saturated heterocycles. The van der Waals surface area contributed by atoms with Gasteiger partial charge in [-0.3, -0.25) is 4.79 Å². The molecular formula is C16H23NO3. The maximum Gasteiger partial charge on any atom is 0.260 e. The Morgan fingerprint density at radius 1 is 1.45 bits per heavy atom. The molecule has 1 N–H and O–H groups in total. The van der Waals surface area contributed by atoms with E-state index in [2.05, 4.69) is 0 Å². The minimum absolute atomic E-state index is 0.0104. The highest BCUT2D eigenvalue weighted by atomic mass is 16.5. The Bertz CT molecular complexity index is 487. The van der Waals surface area contributed by atoms with Gasteiger partial charge in [0.25, 0.3) is 5.91 Å². The maximum atomic E-state index is 12.1. The summed E-state index contributed by atoms with van der Waals surface area (Å²) in [6, 6.07) is 5.92. The zero-order valence-corrected chi connectivity index (χ0v) is 12.4. The molecule has 0 bridgehead atoms. The summed E-state index contributed by atoms with van der Waals surface area (Å²) in [4.78, 5) is 13.9. The predicted molar refractivity (Wildman–Crippen MR) is 77.8 cm³/mol. The van der Waals surface area contributed by atoms with E-state index in [-0.39, 0.29) is 24.5 Å². The van der Waals surface area contributed by atoms with E-state index in [1.807, 2.05) is 39.0 Å². The fourth-order valence-corrected chi connectivity index (χ4v) is 2.55. The molecule has 1 aliphatic rings. The summed E-state index contributed by atoms with van der Waals surface area (Å²) in [6.07, 6.45) is 0.357. The molecule has 1 fully saturated rings. The molecular weight excluding hydrogens is 254 g/mol. The number of aliphatic hydroxyl groups excluding tert-OH is 1. The van der Waals surface area contributed by atoms with Gasteiger partial charge in [-0.05, 0) is 37.8 Å². The van der Waals surface area contributed by atoms with Crippen LogP contribution < -0.4 is 4.74 Å². The van der Waals surface area contributed by atoms with Crippen LogP contribution >= 0.6 is 0 Å². The fraction of sp³-hybridized carbons (Fsp3) is 0.562. The van der Waals surface area contributed by atoms with Crippen molar-refractivity contribution >= 4 is 5.91 Å². The number of piperidine rings is 1. The van der Waals surface area contributed by atoms with Crippen molar-refractivity contribution in [1.82, 2.24) is 4.90 Å². The maximum absolute atomic E-state index is 12.1. The van der Waals surface area contributed by atoms with Crippen molar-refractivity contribution in [3.63, 3.8) is 0 Å². The van der Waals surface area contributed by atoms with Crippen molar-refractivity contribution in [2.45, 2.75) is 33.3 Å². The van der Waals surface area contributed by atoms with Crippen LogP contribution in [0.5, 0.6) is 5.75 Å². The van der Waals surface area contributed by atoms with Gasteiger partial charge in [-0.1, -0.05) is 24.6 Å². The molecule has 0 saturated carbocycles. The Kier molecular flexibility index (Phi) is 4.65. The molecule has 2 unspecified atom stereocenters. The summed E-state index contributed by atoms with van der Waals surface area (Å²) < 4.78 is 5.62. The van der Waals surface area contributed by atoms with Gasteiger partial charge in [-0.15, -0.1) is 0 Å². The number of aryl methyl sites for hydroxylation is 2. The third kappa shape index (κ3) is 3.51. The zero-order chi connectivity index (χ0) is 14.7. The first-order valence-electron chi connectivity index (χ1n) is 7.13. The molecule has 20 heavy (non-hydrogen) atoms. The van der Waals surface area contributed by atoms with E-state index >= 15 is 0 Å². The molecule has 4 heteroatoms. The van der Waals surface area contributed by atoms with E-state index in [1.54, 1.807) is 4.90 Å². The number of aliphatic hydroxyl groups is 1. The monoisotopic (exact) mass is 277 g/mol. The number of hydrogen-bond acceptors (Lipinski definition) is 3. The molecule has 0 aliphatic carbocycles. The number of carbonyl (C=O) groups is 1. The highest BCUT2D eigenvalue weighted by molar-refractivity contribution is 5.78. The SMILES string of the molecule is Cc1ccc(OCC(=O)N2CCC(O)C(C)C2)c(C)c1. The minimum Gasteiger partial charge on any atom is -0.484 e. The van der Waals surface area contributed by atoms with Crippen LogP contribution in [0.4, 0.5) is 0 Å². The Balaban J connectivity index is 1.89. The van der Waals surface area contributed by atoms with Crippen molar-refractivity contribution < 1.29 is 14.6 Å². The van der Waals surface area contributed by atoms with Gasteiger partial charge in [0.05, 0.1) is 6.10 Å². The summed E-state index contributed by atoms with van der Waals surface area (Å²) in [7, 11) is 0. The van der Waals surface area contributed by atoms with Crippen molar-refractivity contribution in [3.05, 3.63) is 29.3 Å². The lowest BCUT2D eigenvalue weighted by atomic mass is 9.97. The lowest BCUT2D eigenvalue weighted by Crippen LogP contribution is -2.46. The lowest BCUT2D eigenvalue weighted by Gasteiger charge is -2.34. The molecule has 1 aromatic carbocycles. The van der Waals surface area contributed by atoms with Crippen LogP contribution in [0.3, 0.4) is 0 Å². The Morgan fingerprint density at radius 2 is 2.20 bits per heavy atom. The van der Waals surface area contributed by atoms with Gasteiger partial charge in [0, 0.05) is 13.1 Å². The van der Waals surface area contributed by atoms with Crippen LogP contribution in [0.15, 0.2) is 18.2 Å². The Labute approximate surface area is 120 Å². The number of likely N-dealkylation sites (tertiary alicyclic amines) is 1. The summed E-state index contributed by atoms with van der Waals surface area (Å²) >= 11 is 0. The number of ether oxygens (including phenoxy) is 1. The lowest BCUT2D eigenvalue weighted by molar-refractivity contribution is -0.136. The molecule has 1 aromatic rings. The number of hydrogen-bond donors (Lipinski definition) is 1. The first-order chi connectivity index (χ1) is 9.47. The zero-order valence-electron chi connectivity index (χ0n) is 12.4. The molecule has 0 spiro atoms.